The average Bonchev–Trinajstić information content (AvgIpc) is 2.82. The number of benzene rings is 2. The summed E-state index contributed by atoms with van der Waals surface area (Å²) in [6.07, 6.45) is 1.92. The van der Waals surface area contributed by atoms with E-state index in [9.17, 15) is 4.79 Å². The summed E-state index contributed by atoms with van der Waals surface area (Å²) in [5.41, 5.74) is 4.57. The van der Waals surface area contributed by atoms with E-state index < -0.39 is 5.97 Å². The Balaban J connectivity index is 2.15. The Morgan fingerprint density at radius 3 is 2.53 bits per heavy atom. The van der Waals surface area contributed by atoms with Gasteiger partial charge in [0.15, 0.2) is 0 Å². The number of nitrogens with one attached hydrogen (secondary N) is 1. The molecule has 3 nitrogen and oxygen atoms in total. The monoisotopic (exact) mass is 251 g/mol. The number of aryl methyl sites for hydroxylation is 1. The molecule has 0 aliphatic rings. The van der Waals surface area contributed by atoms with E-state index in [-0.39, 0.29) is 0 Å². The van der Waals surface area contributed by atoms with Gasteiger partial charge in [-0.3, -0.25) is 0 Å². The normalized spacial score (nSPS) is 10.8. The van der Waals surface area contributed by atoms with E-state index in [0.29, 0.717) is 5.56 Å². The van der Waals surface area contributed by atoms with Crippen molar-refractivity contribution in [3.8, 4) is 11.1 Å². The second-order valence-electron chi connectivity index (χ2n) is 4.63. The molecule has 2 N–H and O–H groups in total. The van der Waals surface area contributed by atoms with Gasteiger partial charge in [-0.05, 0) is 24.6 Å². The molecule has 19 heavy (non-hydrogen) atoms. The van der Waals surface area contributed by atoms with Crippen molar-refractivity contribution in [2.75, 3.05) is 0 Å². The van der Waals surface area contributed by atoms with Gasteiger partial charge in [0.05, 0.1) is 5.56 Å². The van der Waals surface area contributed by atoms with Crippen LogP contribution in [-0.2, 0) is 0 Å². The van der Waals surface area contributed by atoms with Crippen LogP contribution in [0.25, 0.3) is 22.0 Å². The average molecular weight is 251 g/mol. The summed E-state index contributed by atoms with van der Waals surface area (Å²) in [4.78, 5) is 14.1. The quantitative estimate of drug-likeness (QED) is 0.727. The lowest BCUT2D eigenvalue weighted by molar-refractivity contribution is 0.0697. The van der Waals surface area contributed by atoms with E-state index in [2.05, 4.69) is 36.2 Å². The highest BCUT2D eigenvalue weighted by Gasteiger charge is 2.09. The van der Waals surface area contributed by atoms with Crippen molar-refractivity contribution < 1.29 is 9.90 Å². The molecule has 3 aromatic rings. The summed E-state index contributed by atoms with van der Waals surface area (Å²) in [5, 5.41) is 10.0. The molecular weight excluding hydrogens is 238 g/mol. The van der Waals surface area contributed by atoms with E-state index in [1.807, 2.05) is 12.3 Å². The number of fused-ring (bicyclic) bond motifs is 1. The lowest BCUT2D eigenvalue weighted by Gasteiger charge is -2.01. The molecule has 0 saturated carbocycles. The molecule has 0 bridgehead atoms. The van der Waals surface area contributed by atoms with Gasteiger partial charge in [0.1, 0.15) is 0 Å². The predicted octanol–water partition coefficient (Wildman–Crippen LogP) is 3.84. The van der Waals surface area contributed by atoms with Crippen molar-refractivity contribution in [3.63, 3.8) is 0 Å². The van der Waals surface area contributed by atoms with Crippen LogP contribution in [0.4, 0.5) is 0 Å². The summed E-state index contributed by atoms with van der Waals surface area (Å²) in [6.45, 7) is 2.05. The van der Waals surface area contributed by atoms with Crippen LogP contribution in [0.1, 0.15) is 15.9 Å². The maximum Gasteiger partial charge on any atom is 0.335 e. The highest BCUT2D eigenvalue weighted by atomic mass is 16.4. The zero-order chi connectivity index (χ0) is 13.4. The Kier molecular flexibility index (Phi) is 2.60. The highest BCUT2D eigenvalue weighted by molar-refractivity contribution is 5.99. The fourth-order valence-corrected chi connectivity index (χ4v) is 2.23. The maximum absolute atomic E-state index is 10.9. The molecule has 0 atom stereocenters. The summed E-state index contributed by atoms with van der Waals surface area (Å²) in [6, 6.07) is 13.4. The predicted molar refractivity (Wildman–Crippen MR) is 75.4 cm³/mol. The Labute approximate surface area is 110 Å². The van der Waals surface area contributed by atoms with E-state index in [0.717, 1.165) is 22.0 Å². The first-order valence-electron chi connectivity index (χ1n) is 6.06. The van der Waals surface area contributed by atoms with Gasteiger partial charge >= 0.3 is 5.97 Å². The number of carboxylic acids is 1. The molecule has 0 aliphatic carbocycles. The SMILES string of the molecule is Cc1ccc(-c2c[nH]c3cc(C(=O)O)ccc23)cc1. The number of rotatable bonds is 2. The molecule has 0 amide bonds. The Morgan fingerprint density at radius 2 is 1.84 bits per heavy atom. The summed E-state index contributed by atoms with van der Waals surface area (Å²) in [5.74, 6) is -0.909. The lowest BCUT2D eigenvalue weighted by Crippen LogP contribution is -1.94. The molecule has 0 spiro atoms. The van der Waals surface area contributed by atoms with Crippen LogP contribution in [0, 0.1) is 6.92 Å². The molecule has 1 aromatic heterocycles. The fraction of sp³-hybridized carbons (Fsp3) is 0.0625. The van der Waals surface area contributed by atoms with Crippen LogP contribution in [0.3, 0.4) is 0 Å². The molecular formula is C16H13NO2. The number of aromatic carboxylic acids is 1. The smallest absolute Gasteiger partial charge is 0.335 e. The van der Waals surface area contributed by atoms with Crippen molar-refractivity contribution >= 4 is 16.9 Å². The van der Waals surface area contributed by atoms with Gasteiger partial charge in [0.2, 0.25) is 0 Å². The van der Waals surface area contributed by atoms with Crippen molar-refractivity contribution in [2.24, 2.45) is 0 Å². The van der Waals surface area contributed by atoms with Crippen molar-refractivity contribution in [1.82, 2.24) is 4.98 Å². The topological polar surface area (TPSA) is 53.1 Å². The van der Waals surface area contributed by atoms with Crippen LogP contribution < -0.4 is 0 Å². The molecule has 0 fully saturated rings. The molecule has 0 unspecified atom stereocenters. The van der Waals surface area contributed by atoms with Crippen LogP contribution in [0.2, 0.25) is 0 Å². The molecule has 0 radical (unpaired) electrons. The van der Waals surface area contributed by atoms with Gasteiger partial charge in [-0.15, -0.1) is 0 Å². The summed E-state index contributed by atoms with van der Waals surface area (Å²) in [7, 11) is 0. The zero-order valence-electron chi connectivity index (χ0n) is 10.5. The highest BCUT2D eigenvalue weighted by Crippen LogP contribution is 2.29. The molecule has 94 valence electrons. The first-order valence-corrected chi connectivity index (χ1v) is 6.06. The van der Waals surface area contributed by atoms with E-state index in [1.165, 1.54) is 5.56 Å². The van der Waals surface area contributed by atoms with Crippen molar-refractivity contribution in [3.05, 3.63) is 59.8 Å². The fourth-order valence-electron chi connectivity index (χ4n) is 2.23. The van der Waals surface area contributed by atoms with Gasteiger partial charge in [-0.25, -0.2) is 4.79 Å². The first kappa shape index (κ1) is 11.5. The van der Waals surface area contributed by atoms with E-state index in [4.69, 9.17) is 5.11 Å². The third-order valence-electron chi connectivity index (χ3n) is 3.29. The third kappa shape index (κ3) is 1.99. The molecule has 1 heterocycles. The summed E-state index contributed by atoms with van der Waals surface area (Å²) < 4.78 is 0. The van der Waals surface area contributed by atoms with Crippen LogP contribution in [0.5, 0.6) is 0 Å². The standard InChI is InChI=1S/C16H13NO2/c1-10-2-4-11(5-3-10)14-9-17-15-8-12(16(18)19)6-7-13(14)15/h2-9,17H,1H3,(H,18,19). The molecule has 2 aromatic carbocycles. The minimum absolute atomic E-state index is 0.296. The zero-order valence-corrected chi connectivity index (χ0v) is 10.5. The second-order valence-corrected chi connectivity index (χ2v) is 4.63. The van der Waals surface area contributed by atoms with Crippen molar-refractivity contribution in [2.45, 2.75) is 6.92 Å². The molecule has 3 heteroatoms. The largest absolute Gasteiger partial charge is 0.478 e. The van der Waals surface area contributed by atoms with Crippen LogP contribution in [0.15, 0.2) is 48.7 Å². The Hall–Kier alpha value is -2.55. The minimum atomic E-state index is -0.909. The van der Waals surface area contributed by atoms with Crippen LogP contribution in [-0.4, -0.2) is 16.1 Å². The van der Waals surface area contributed by atoms with Gasteiger partial charge in [-0.2, -0.15) is 0 Å². The number of carboxylic acid groups (broad SMARTS) is 1. The number of aromatic amines is 1. The van der Waals surface area contributed by atoms with Crippen LogP contribution >= 0.6 is 0 Å². The van der Waals surface area contributed by atoms with Gasteiger partial charge < -0.3 is 10.1 Å². The summed E-state index contributed by atoms with van der Waals surface area (Å²) >= 11 is 0. The number of carbonyl (C=O) groups is 1. The minimum Gasteiger partial charge on any atom is -0.478 e. The number of H-pyrrole nitrogens is 1. The molecule has 0 aliphatic heterocycles. The number of aromatic nitrogens is 1. The lowest BCUT2D eigenvalue weighted by atomic mass is 10.0. The number of hydrogen-bond acceptors (Lipinski definition) is 1. The molecule has 0 saturated heterocycles. The molecule has 3 rings (SSSR count). The Bertz CT molecular complexity index is 754. The van der Waals surface area contributed by atoms with E-state index in [1.54, 1.807) is 12.1 Å². The third-order valence-corrected chi connectivity index (χ3v) is 3.29. The van der Waals surface area contributed by atoms with Gasteiger partial charge in [-0.1, -0.05) is 35.9 Å². The van der Waals surface area contributed by atoms with Gasteiger partial charge in [0.25, 0.3) is 0 Å². The van der Waals surface area contributed by atoms with Gasteiger partial charge in [0, 0.05) is 22.7 Å². The first-order chi connectivity index (χ1) is 9.15. The van der Waals surface area contributed by atoms with Crippen molar-refractivity contribution in [1.29, 1.82) is 0 Å². The maximum atomic E-state index is 10.9. The number of hydrogen-bond donors (Lipinski definition) is 2. The van der Waals surface area contributed by atoms with E-state index >= 15 is 0 Å². The second kappa shape index (κ2) is 4.28. The Morgan fingerprint density at radius 1 is 1.11 bits per heavy atom.